The predicted octanol–water partition coefficient (Wildman–Crippen LogP) is 2.87. The van der Waals surface area contributed by atoms with Crippen LogP contribution >= 0.6 is 15.9 Å². The van der Waals surface area contributed by atoms with Crippen molar-refractivity contribution >= 4 is 33.4 Å². The molecule has 0 bridgehead atoms. The second kappa shape index (κ2) is 4.70. The minimum atomic E-state index is -0.370. The number of allylic oxidation sites excluding steroid dienone is 1. The summed E-state index contributed by atoms with van der Waals surface area (Å²) in [4.78, 5) is 25.6. The number of rotatable bonds is 1. The summed E-state index contributed by atoms with van der Waals surface area (Å²) >= 11 is 3.49. The molecule has 4 nitrogen and oxygen atoms in total. The van der Waals surface area contributed by atoms with Crippen molar-refractivity contribution < 1.29 is 9.59 Å². The Kier molecular flexibility index (Phi) is 3.20. The molecule has 1 unspecified atom stereocenters. The first-order chi connectivity index (χ1) is 9.82. The van der Waals surface area contributed by atoms with E-state index in [1.165, 1.54) is 0 Å². The fraction of sp³-hybridized carbons (Fsp3) is 0.375. The zero-order chi connectivity index (χ0) is 15.4. The Hall–Kier alpha value is -1.62. The number of piperidine rings is 1. The lowest BCUT2D eigenvalue weighted by molar-refractivity contribution is -0.134. The van der Waals surface area contributed by atoms with Gasteiger partial charge in [-0.15, -0.1) is 0 Å². The van der Waals surface area contributed by atoms with E-state index in [2.05, 4.69) is 47.7 Å². The van der Waals surface area contributed by atoms with Gasteiger partial charge in [0.2, 0.25) is 11.8 Å². The molecule has 1 fully saturated rings. The molecule has 0 aromatic heterocycles. The standard InChI is InChI=1S/C16H17BrN2O2/c1-9-16(2,3)11-5-4-10(17)8-13(11)19(9)12-6-7-14(20)18-15(12)21/h4-5,8,12H,1,6-7H2,2-3H3,(H,18,20,21). The highest BCUT2D eigenvalue weighted by Crippen LogP contribution is 2.49. The fourth-order valence-electron chi connectivity index (χ4n) is 3.12. The molecule has 0 saturated carbocycles. The van der Waals surface area contributed by atoms with Crippen molar-refractivity contribution in [2.45, 2.75) is 38.1 Å². The third-order valence-electron chi connectivity index (χ3n) is 4.43. The zero-order valence-corrected chi connectivity index (χ0v) is 13.7. The Labute approximate surface area is 132 Å². The van der Waals surface area contributed by atoms with Gasteiger partial charge in [0.15, 0.2) is 0 Å². The summed E-state index contributed by atoms with van der Waals surface area (Å²) in [5, 5.41) is 2.43. The first-order valence-corrected chi connectivity index (χ1v) is 7.74. The Morgan fingerprint density at radius 3 is 2.76 bits per heavy atom. The van der Waals surface area contributed by atoms with Crippen molar-refractivity contribution in [3.05, 3.63) is 40.5 Å². The molecule has 21 heavy (non-hydrogen) atoms. The molecular formula is C16H17BrN2O2. The number of hydrogen-bond acceptors (Lipinski definition) is 3. The van der Waals surface area contributed by atoms with Crippen LogP contribution in [0.15, 0.2) is 34.9 Å². The molecule has 110 valence electrons. The first-order valence-electron chi connectivity index (χ1n) is 6.94. The van der Waals surface area contributed by atoms with Crippen molar-refractivity contribution in [2.75, 3.05) is 4.90 Å². The molecule has 2 aliphatic heterocycles. The minimum Gasteiger partial charge on any atom is -0.332 e. The number of fused-ring (bicyclic) bond motifs is 1. The molecule has 2 aliphatic rings. The maximum atomic E-state index is 12.2. The lowest BCUT2D eigenvalue weighted by Crippen LogP contribution is -2.52. The normalized spacial score (nSPS) is 24.0. The van der Waals surface area contributed by atoms with Gasteiger partial charge in [0.05, 0.1) is 0 Å². The number of benzene rings is 1. The number of nitrogens with zero attached hydrogens (tertiary/aromatic N) is 1. The molecule has 0 spiro atoms. The van der Waals surface area contributed by atoms with Crippen LogP contribution in [0.5, 0.6) is 0 Å². The summed E-state index contributed by atoms with van der Waals surface area (Å²) in [5.41, 5.74) is 2.82. The highest BCUT2D eigenvalue weighted by Gasteiger charge is 2.44. The van der Waals surface area contributed by atoms with Gasteiger partial charge in [-0.25, -0.2) is 0 Å². The monoisotopic (exact) mass is 348 g/mol. The number of amides is 2. The van der Waals surface area contributed by atoms with Gasteiger partial charge in [0, 0.05) is 27.7 Å². The number of nitrogens with one attached hydrogen (secondary N) is 1. The third kappa shape index (κ3) is 2.11. The topological polar surface area (TPSA) is 49.4 Å². The number of hydrogen-bond donors (Lipinski definition) is 1. The largest absolute Gasteiger partial charge is 0.332 e. The lowest BCUT2D eigenvalue weighted by atomic mass is 9.84. The smallest absolute Gasteiger partial charge is 0.249 e. The van der Waals surface area contributed by atoms with Crippen molar-refractivity contribution in [3.8, 4) is 0 Å². The summed E-state index contributed by atoms with van der Waals surface area (Å²) < 4.78 is 0.962. The van der Waals surface area contributed by atoms with Crippen molar-refractivity contribution in [3.63, 3.8) is 0 Å². The summed E-state index contributed by atoms with van der Waals surface area (Å²) in [7, 11) is 0. The second-order valence-corrected chi connectivity index (χ2v) is 6.99. The van der Waals surface area contributed by atoms with Crippen molar-refractivity contribution in [1.29, 1.82) is 0 Å². The number of halogens is 1. The maximum Gasteiger partial charge on any atom is 0.249 e. The summed E-state index contributed by atoms with van der Waals surface area (Å²) in [6.45, 7) is 8.42. The molecule has 1 saturated heterocycles. The van der Waals surface area contributed by atoms with Gasteiger partial charge >= 0.3 is 0 Å². The lowest BCUT2D eigenvalue weighted by Gasteiger charge is -2.34. The molecule has 0 aliphatic carbocycles. The van der Waals surface area contributed by atoms with E-state index in [1.54, 1.807) is 0 Å². The second-order valence-electron chi connectivity index (χ2n) is 6.07. The van der Waals surface area contributed by atoms with Crippen LogP contribution < -0.4 is 10.2 Å². The molecule has 2 amide bonds. The highest BCUT2D eigenvalue weighted by molar-refractivity contribution is 9.10. The molecule has 1 aromatic rings. The number of imide groups is 1. The van der Waals surface area contributed by atoms with Crippen LogP contribution in [0, 0.1) is 0 Å². The Bertz CT molecular complexity index is 666. The van der Waals surface area contributed by atoms with Crippen LogP contribution in [0.25, 0.3) is 0 Å². The highest BCUT2D eigenvalue weighted by atomic mass is 79.9. The van der Waals surface area contributed by atoms with E-state index in [0.29, 0.717) is 12.8 Å². The van der Waals surface area contributed by atoms with Crippen LogP contribution in [-0.2, 0) is 15.0 Å². The molecule has 5 heteroatoms. The van der Waals surface area contributed by atoms with E-state index in [9.17, 15) is 9.59 Å². The van der Waals surface area contributed by atoms with Crippen LogP contribution in [0.3, 0.4) is 0 Å². The Balaban J connectivity index is 2.08. The SMILES string of the molecule is C=C1N(C2CCC(=O)NC2=O)c2cc(Br)ccc2C1(C)C. The quantitative estimate of drug-likeness (QED) is 0.794. The minimum absolute atomic E-state index is 0.199. The van der Waals surface area contributed by atoms with Gasteiger partial charge < -0.3 is 4.90 Å². The van der Waals surface area contributed by atoms with Crippen molar-refractivity contribution in [1.82, 2.24) is 5.32 Å². The predicted molar refractivity (Wildman–Crippen MR) is 85.0 cm³/mol. The molecule has 1 atom stereocenters. The average molecular weight is 349 g/mol. The van der Waals surface area contributed by atoms with Gasteiger partial charge in [-0.2, -0.15) is 0 Å². The van der Waals surface area contributed by atoms with Crippen LogP contribution in [-0.4, -0.2) is 17.9 Å². The third-order valence-corrected chi connectivity index (χ3v) is 4.92. The molecule has 1 N–H and O–H groups in total. The van der Waals surface area contributed by atoms with Gasteiger partial charge in [-0.05, 0) is 24.1 Å². The van der Waals surface area contributed by atoms with E-state index in [-0.39, 0.29) is 23.3 Å². The van der Waals surface area contributed by atoms with Gasteiger partial charge in [0.25, 0.3) is 0 Å². The Morgan fingerprint density at radius 2 is 2.10 bits per heavy atom. The first kappa shape index (κ1) is 14.3. The maximum absolute atomic E-state index is 12.2. The summed E-state index contributed by atoms with van der Waals surface area (Å²) in [6, 6.07) is 5.71. The molecule has 2 heterocycles. The molecule has 3 rings (SSSR count). The number of anilines is 1. The van der Waals surface area contributed by atoms with Crippen LogP contribution in [0.1, 0.15) is 32.3 Å². The van der Waals surface area contributed by atoms with E-state index in [4.69, 9.17) is 0 Å². The van der Waals surface area contributed by atoms with E-state index < -0.39 is 0 Å². The van der Waals surface area contributed by atoms with Crippen LogP contribution in [0.4, 0.5) is 5.69 Å². The van der Waals surface area contributed by atoms with E-state index in [1.807, 2.05) is 17.0 Å². The van der Waals surface area contributed by atoms with Gasteiger partial charge in [-0.3, -0.25) is 14.9 Å². The molecule has 1 aromatic carbocycles. The molecule has 0 radical (unpaired) electrons. The number of carbonyl (C=O) groups is 2. The van der Waals surface area contributed by atoms with E-state index in [0.717, 1.165) is 21.4 Å². The van der Waals surface area contributed by atoms with Crippen LogP contribution in [0.2, 0.25) is 0 Å². The van der Waals surface area contributed by atoms with Gasteiger partial charge in [0.1, 0.15) is 6.04 Å². The fourth-order valence-corrected chi connectivity index (χ4v) is 3.47. The van der Waals surface area contributed by atoms with Gasteiger partial charge in [-0.1, -0.05) is 42.4 Å². The Morgan fingerprint density at radius 1 is 1.38 bits per heavy atom. The zero-order valence-electron chi connectivity index (χ0n) is 12.1. The van der Waals surface area contributed by atoms with Crippen molar-refractivity contribution in [2.24, 2.45) is 0 Å². The summed E-state index contributed by atoms with van der Waals surface area (Å²) in [5.74, 6) is -0.439. The number of carbonyl (C=O) groups excluding carboxylic acids is 2. The molecular weight excluding hydrogens is 332 g/mol. The summed E-state index contributed by atoms with van der Waals surface area (Å²) in [6.07, 6.45) is 0.885. The van der Waals surface area contributed by atoms with E-state index >= 15 is 0 Å². The average Bonchev–Trinajstić information content (AvgIpc) is 2.58.